The van der Waals surface area contributed by atoms with Gasteiger partial charge in [-0.05, 0) is 57.1 Å². The molecule has 0 atom stereocenters. The minimum Gasteiger partial charge on any atom is -0.477 e. The van der Waals surface area contributed by atoms with Crippen molar-refractivity contribution in [2.45, 2.75) is 45.8 Å². The summed E-state index contributed by atoms with van der Waals surface area (Å²) < 4.78 is 0. The minimum absolute atomic E-state index is 0.329. The molecule has 2 heterocycles. The van der Waals surface area contributed by atoms with Crippen LogP contribution in [0.5, 0.6) is 0 Å². The normalized spacial score (nSPS) is 15.8. The molecule has 0 spiro atoms. The van der Waals surface area contributed by atoms with E-state index in [4.69, 9.17) is 0 Å². The third-order valence-corrected chi connectivity index (χ3v) is 6.37. The highest BCUT2D eigenvalue weighted by molar-refractivity contribution is 5.97. The van der Waals surface area contributed by atoms with E-state index in [1.165, 1.54) is 5.56 Å². The van der Waals surface area contributed by atoms with Gasteiger partial charge in [-0.2, -0.15) is 0 Å². The van der Waals surface area contributed by atoms with Crippen LogP contribution in [-0.2, 0) is 13.1 Å². The Morgan fingerprint density at radius 3 is 2.57 bits per heavy atom. The number of fused-ring (bicyclic) bond motifs is 1. The molecule has 30 heavy (non-hydrogen) atoms. The van der Waals surface area contributed by atoms with Crippen LogP contribution in [0.4, 0.5) is 0 Å². The van der Waals surface area contributed by atoms with Crippen LogP contribution < -0.4 is 0 Å². The Hall–Kier alpha value is -2.63. The van der Waals surface area contributed by atoms with E-state index >= 15 is 0 Å². The number of rotatable bonds is 7. The number of carboxylic acid groups (broad SMARTS) is 1. The van der Waals surface area contributed by atoms with Gasteiger partial charge in [0, 0.05) is 35.6 Å². The molecule has 0 bridgehead atoms. The van der Waals surface area contributed by atoms with E-state index in [-0.39, 0.29) is 0 Å². The van der Waals surface area contributed by atoms with Crippen molar-refractivity contribution in [3.8, 4) is 0 Å². The van der Waals surface area contributed by atoms with E-state index in [9.17, 15) is 9.90 Å². The van der Waals surface area contributed by atoms with E-state index in [1.807, 2.05) is 12.1 Å². The van der Waals surface area contributed by atoms with E-state index in [0.29, 0.717) is 18.3 Å². The number of hydrogen-bond acceptors (Lipinski definition) is 3. The number of piperidine rings is 1. The molecule has 1 fully saturated rings. The molecule has 4 rings (SSSR count). The molecule has 0 unspecified atom stereocenters. The first-order valence-corrected chi connectivity index (χ1v) is 10.9. The third kappa shape index (κ3) is 4.42. The molecular formula is C25H31N3O2. The summed E-state index contributed by atoms with van der Waals surface area (Å²) in [4.78, 5) is 20.0. The second-order valence-electron chi connectivity index (χ2n) is 8.39. The molecule has 158 valence electrons. The largest absolute Gasteiger partial charge is 0.477 e. The van der Waals surface area contributed by atoms with Crippen LogP contribution in [0.25, 0.3) is 10.9 Å². The third-order valence-electron chi connectivity index (χ3n) is 6.37. The fourth-order valence-electron chi connectivity index (χ4n) is 4.69. The number of hydrogen-bond donors (Lipinski definition) is 2. The maximum Gasteiger partial charge on any atom is 0.352 e. The highest BCUT2D eigenvalue weighted by atomic mass is 16.4. The second-order valence-corrected chi connectivity index (χ2v) is 8.39. The number of likely N-dealkylation sites (tertiary alicyclic amines) is 1. The number of nitrogens with zero attached hydrogens (tertiary/aromatic N) is 2. The van der Waals surface area contributed by atoms with Crippen molar-refractivity contribution in [2.24, 2.45) is 0 Å². The van der Waals surface area contributed by atoms with E-state index in [1.54, 1.807) is 0 Å². The standard InChI is InChI=1S/C25H31N3O2/c1-3-28(20-11-13-27(14-12-20)16-19-7-5-4-6-8-19)17-22-21-15-18(2)9-10-23(21)26-24(22)25(29)30/h4-10,15,20,26H,3,11-14,16-17H2,1-2H3,(H,29,30). The Morgan fingerprint density at radius 1 is 1.17 bits per heavy atom. The first-order valence-electron chi connectivity index (χ1n) is 10.9. The monoisotopic (exact) mass is 405 g/mol. The van der Waals surface area contributed by atoms with Crippen LogP contribution in [0.3, 0.4) is 0 Å². The highest BCUT2D eigenvalue weighted by Gasteiger charge is 2.26. The number of benzene rings is 2. The molecule has 2 N–H and O–H groups in total. The van der Waals surface area contributed by atoms with Gasteiger partial charge >= 0.3 is 5.97 Å². The average molecular weight is 406 g/mol. The molecule has 5 heteroatoms. The van der Waals surface area contributed by atoms with E-state index < -0.39 is 5.97 Å². The number of nitrogens with one attached hydrogen (secondary N) is 1. The lowest BCUT2D eigenvalue weighted by Crippen LogP contribution is -2.44. The number of aromatic amines is 1. The smallest absolute Gasteiger partial charge is 0.352 e. The highest BCUT2D eigenvalue weighted by Crippen LogP contribution is 2.28. The van der Waals surface area contributed by atoms with Gasteiger partial charge in [0.2, 0.25) is 0 Å². The molecule has 5 nitrogen and oxygen atoms in total. The molecule has 0 aliphatic carbocycles. The average Bonchev–Trinajstić information content (AvgIpc) is 3.11. The first kappa shape index (κ1) is 20.6. The Morgan fingerprint density at radius 2 is 1.90 bits per heavy atom. The molecule has 0 saturated carbocycles. The summed E-state index contributed by atoms with van der Waals surface area (Å²) >= 11 is 0. The minimum atomic E-state index is -0.882. The number of aromatic carboxylic acids is 1. The first-order chi connectivity index (χ1) is 14.5. The Labute approximate surface area is 178 Å². The molecule has 1 aliphatic heterocycles. The van der Waals surface area contributed by atoms with Gasteiger partial charge < -0.3 is 10.1 Å². The summed E-state index contributed by atoms with van der Waals surface area (Å²) in [6, 6.07) is 17.2. The lowest BCUT2D eigenvalue weighted by molar-refractivity contribution is 0.0685. The summed E-state index contributed by atoms with van der Waals surface area (Å²) in [6.07, 6.45) is 2.23. The molecule has 1 saturated heterocycles. The summed E-state index contributed by atoms with van der Waals surface area (Å²) in [7, 11) is 0. The van der Waals surface area contributed by atoms with Gasteiger partial charge in [-0.25, -0.2) is 4.79 Å². The van der Waals surface area contributed by atoms with Gasteiger partial charge in [-0.1, -0.05) is 48.9 Å². The number of aromatic nitrogens is 1. The lowest BCUT2D eigenvalue weighted by Gasteiger charge is -2.38. The zero-order valence-electron chi connectivity index (χ0n) is 17.9. The van der Waals surface area contributed by atoms with Crippen molar-refractivity contribution in [2.75, 3.05) is 19.6 Å². The fraction of sp³-hybridized carbons (Fsp3) is 0.400. The quantitative estimate of drug-likeness (QED) is 0.600. The molecule has 0 amide bonds. The maximum atomic E-state index is 11.9. The van der Waals surface area contributed by atoms with Crippen LogP contribution in [0, 0.1) is 6.92 Å². The van der Waals surface area contributed by atoms with Gasteiger partial charge in [0.15, 0.2) is 0 Å². The van der Waals surface area contributed by atoms with Gasteiger partial charge in [0.1, 0.15) is 5.69 Å². The van der Waals surface area contributed by atoms with Gasteiger partial charge in [0.05, 0.1) is 0 Å². The van der Waals surface area contributed by atoms with E-state index in [0.717, 1.165) is 61.1 Å². The van der Waals surface area contributed by atoms with Gasteiger partial charge in [-0.3, -0.25) is 9.80 Å². The predicted octanol–water partition coefficient (Wildman–Crippen LogP) is 4.66. The topological polar surface area (TPSA) is 59.6 Å². The number of H-pyrrole nitrogens is 1. The van der Waals surface area contributed by atoms with Crippen molar-refractivity contribution < 1.29 is 9.90 Å². The van der Waals surface area contributed by atoms with Crippen molar-refractivity contribution in [3.05, 3.63) is 70.9 Å². The second kappa shape index (κ2) is 9.02. The summed E-state index contributed by atoms with van der Waals surface area (Å²) in [5.74, 6) is -0.882. The van der Waals surface area contributed by atoms with Crippen LogP contribution >= 0.6 is 0 Å². The maximum absolute atomic E-state index is 11.9. The van der Waals surface area contributed by atoms with Gasteiger partial charge in [0.25, 0.3) is 0 Å². The molecular weight excluding hydrogens is 374 g/mol. The Bertz CT molecular complexity index is 1000. The predicted molar refractivity (Wildman–Crippen MR) is 121 cm³/mol. The molecule has 1 aromatic heterocycles. The number of aryl methyl sites for hydroxylation is 1. The van der Waals surface area contributed by atoms with Crippen LogP contribution in [0.1, 0.15) is 46.9 Å². The van der Waals surface area contributed by atoms with Crippen LogP contribution in [-0.4, -0.2) is 51.5 Å². The molecule has 3 aromatic rings. The molecule has 0 radical (unpaired) electrons. The van der Waals surface area contributed by atoms with Crippen molar-refractivity contribution in [3.63, 3.8) is 0 Å². The number of carboxylic acids is 1. The van der Waals surface area contributed by atoms with Crippen molar-refractivity contribution >= 4 is 16.9 Å². The summed E-state index contributed by atoms with van der Waals surface area (Å²) in [5, 5.41) is 10.8. The zero-order chi connectivity index (χ0) is 21.1. The van der Waals surface area contributed by atoms with Crippen LogP contribution in [0.2, 0.25) is 0 Å². The lowest BCUT2D eigenvalue weighted by atomic mass is 10.0. The van der Waals surface area contributed by atoms with Crippen LogP contribution in [0.15, 0.2) is 48.5 Å². The Kier molecular flexibility index (Phi) is 6.21. The Balaban J connectivity index is 1.47. The van der Waals surface area contributed by atoms with Gasteiger partial charge in [-0.15, -0.1) is 0 Å². The molecule has 1 aliphatic rings. The molecule has 2 aromatic carbocycles. The summed E-state index contributed by atoms with van der Waals surface area (Å²) in [6.45, 7) is 8.98. The summed E-state index contributed by atoms with van der Waals surface area (Å²) in [5.41, 5.74) is 4.66. The fourth-order valence-corrected chi connectivity index (χ4v) is 4.69. The zero-order valence-corrected chi connectivity index (χ0v) is 17.9. The van der Waals surface area contributed by atoms with E-state index in [2.05, 4.69) is 65.0 Å². The van der Waals surface area contributed by atoms with Crippen molar-refractivity contribution in [1.29, 1.82) is 0 Å². The SMILES string of the molecule is CCN(Cc1c(C(=O)O)[nH]c2ccc(C)cc12)C1CCN(Cc2ccccc2)CC1. The number of carbonyl (C=O) groups is 1. The van der Waals surface area contributed by atoms with Crippen molar-refractivity contribution in [1.82, 2.24) is 14.8 Å².